The monoisotopic (exact) mass is 300 g/mol. The molecule has 6 nitrogen and oxygen atoms in total. The van der Waals surface area contributed by atoms with E-state index in [-0.39, 0.29) is 23.0 Å². The van der Waals surface area contributed by atoms with Gasteiger partial charge in [-0.2, -0.15) is 8.42 Å². The summed E-state index contributed by atoms with van der Waals surface area (Å²) in [7, 11) is -3.78. The molecule has 0 bridgehead atoms. The topological polar surface area (TPSA) is 81.2 Å². The molecule has 0 radical (unpaired) electrons. The summed E-state index contributed by atoms with van der Waals surface area (Å²) < 4.78 is 25.3. The van der Waals surface area contributed by atoms with Gasteiger partial charge in [0.15, 0.2) is 12.4 Å². The number of benzene rings is 1. The molecule has 0 saturated carbocycles. The van der Waals surface area contributed by atoms with Crippen LogP contribution in [0.2, 0.25) is 0 Å². The molecule has 1 aromatic heterocycles. The fraction of sp³-hybridized carbons (Fsp3) is 0. The van der Waals surface area contributed by atoms with Crippen molar-refractivity contribution in [2.45, 2.75) is 4.90 Å². The molecule has 0 N–H and O–H groups in total. The molecule has 19 heavy (non-hydrogen) atoms. The van der Waals surface area contributed by atoms with E-state index in [2.05, 4.69) is 0 Å². The molecule has 0 aliphatic carbocycles. The lowest BCUT2D eigenvalue weighted by Gasteiger charge is -1.98. The molecule has 0 unspecified atom stereocenters. The molecule has 0 spiro atoms. The van der Waals surface area contributed by atoms with Crippen LogP contribution >= 0.6 is 0 Å². The molecular weight excluding hydrogens is 292 g/mol. The third kappa shape index (κ3) is 3.07. The second kappa shape index (κ2) is 5.77. The lowest BCUT2D eigenvalue weighted by molar-refractivity contribution is -0.511. The van der Waals surface area contributed by atoms with Crippen molar-refractivity contribution in [2.75, 3.05) is 0 Å². The molecule has 1 aromatic carbocycles. The Labute approximate surface area is 115 Å². The first-order chi connectivity index (χ1) is 8.51. The second-order valence-electron chi connectivity index (χ2n) is 3.46. The molecule has 0 aliphatic rings. The summed E-state index contributed by atoms with van der Waals surface area (Å²) in [6.45, 7) is 0. The van der Waals surface area contributed by atoms with E-state index in [0.717, 1.165) is 10.0 Å². The average molecular weight is 301 g/mol. The van der Waals surface area contributed by atoms with Gasteiger partial charge in [0.05, 0.1) is 4.92 Å². The zero-order chi connectivity index (χ0) is 13.2. The largest absolute Gasteiger partial charge is 1.00 e. The van der Waals surface area contributed by atoms with Crippen LogP contribution in [-0.4, -0.2) is 13.3 Å². The summed E-state index contributed by atoms with van der Waals surface area (Å²) in [4.78, 5) is 9.87. The van der Waals surface area contributed by atoms with Gasteiger partial charge in [0.2, 0.25) is 0 Å². The predicted molar refractivity (Wildman–Crippen MR) is 62.3 cm³/mol. The number of pyridine rings is 1. The third-order valence-corrected chi connectivity index (χ3v) is 3.94. The van der Waals surface area contributed by atoms with Crippen molar-refractivity contribution < 1.29 is 29.7 Å². The van der Waals surface area contributed by atoms with Crippen LogP contribution in [-0.2, 0) is 10.0 Å². The van der Waals surface area contributed by atoms with Crippen molar-refractivity contribution in [3.05, 3.63) is 65.0 Å². The minimum Gasteiger partial charge on any atom is -1.00 e. The van der Waals surface area contributed by atoms with Crippen LogP contribution in [0.1, 0.15) is 0 Å². The van der Waals surface area contributed by atoms with E-state index in [1.807, 2.05) is 0 Å². The van der Waals surface area contributed by atoms with Gasteiger partial charge in [0, 0.05) is 24.3 Å². The number of aromatic nitrogens is 1. The summed E-state index contributed by atoms with van der Waals surface area (Å²) in [5, 5.41) is 10.6. The lowest BCUT2D eigenvalue weighted by Crippen LogP contribution is -3.00. The van der Waals surface area contributed by atoms with Gasteiger partial charge in [0.1, 0.15) is 4.90 Å². The maximum atomic E-state index is 12.1. The van der Waals surface area contributed by atoms with Crippen molar-refractivity contribution in [2.24, 2.45) is 0 Å². The number of halogens is 1. The maximum absolute atomic E-state index is 12.1. The number of nitro groups is 1. The SMILES string of the molecule is O=[N+]([O-])c1cccc(S(=O)(=O)[n+]2ccccc2)c1.[Cl-]. The number of hydrogen-bond donors (Lipinski definition) is 0. The molecular formula is C11H9ClN2O4S. The van der Waals surface area contributed by atoms with Crippen LogP contribution < -0.4 is 16.4 Å². The Morgan fingerprint density at radius 3 is 2.26 bits per heavy atom. The van der Waals surface area contributed by atoms with Crippen molar-refractivity contribution in [1.82, 2.24) is 0 Å². The van der Waals surface area contributed by atoms with Crippen molar-refractivity contribution in [1.29, 1.82) is 0 Å². The Morgan fingerprint density at radius 1 is 1.05 bits per heavy atom. The minimum atomic E-state index is -3.78. The molecule has 2 aromatic rings. The first-order valence-electron chi connectivity index (χ1n) is 4.98. The van der Waals surface area contributed by atoms with Gasteiger partial charge in [-0.1, -0.05) is 16.1 Å². The smallest absolute Gasteiger partial charge is 0.400 e. The van der Waals surface area contributed by atoms with E-state index in [9.17, 15) is 18.5 Å². The quantitative estimate of drug-likeness (QED) is 0.378. The van der Waals surface area contributed by atoms with E-state index >= 15 is 0 Å². The van der Waals surface area contributed by atoms with Crippen molar-refractivity contribution >= 4 is 15.7 Å². The lowest BCUT2D eigenvalue weighted by atomic mass is 10.3. The Kier molecular flexibility index (Phi) is 4.57. The highest BCUT2D eigenvalue weighted by molar-refractivity contribution is 7.85. The van der Waals surface area contributed by atoms with Gasteiger partial charge in [0.25, 0.3) is 5.69 Å². The summed E-state index contributed by atoms with van der Waals surface area (Å²) in [5.41, 5.74) is -0.257. The van der Waals surface area contributed by atoms with Crippen LogP contribution in [0.5, 0.6) is 0 Å². The maximum Gasteiger partial charge on any atom is 0.400 e. The second-order valence-corrected chi connectivity index (χ2v) is 5.31. The van der Waals surface area contributed by atoms with Gasteiger partial charge < -0.3 is 12.4 Å². The van der Waals surface area contributed by atoms with Crippen molar-refractivity contribution in [3.8, 4) is 0 Å². The molecule has 0 fully saturated rings. The first kappa shape index (κ1) is 15.1. The molecule has 0 saturated heterocycles. The molecule has 2 rings (SSSR count). The molecule has 8 heteroatoms. The Balaban J connectivity index is 0.00000180. The van der Waals surface area contributed by atoms with Gasteiger partial charge in [-0.05, 0) is 6.07 Å². The molecule has 0 aliphatic heterocycles. The predicted octanol–water partition coefficient (Wildman–Crippen LogP) is -1.88. The van der Waals surface area contributed by atoms with Crippen molar-refractivity contribution in [3.63, 3.8) is 0 Å². The van der Waals surface area contributed by atoms with Gasteiger partial charge in [-0.15, -0.1) is 0 Å². The number of hydrogen-bond acceptors (Lipinski definition) is 4. The highest BCUT2D eigenvalue weighted by Gasteiger charge is 2.26. The zero-order valence-corrected chi connectivity index (χ0v) is 11.1. The fourth-order valence-corrected chi connectivity index (χ4v) is 2.65. The minimum absolute atomic E-state index is 0. The third-order valence-electron chi connectivity index (χ3n) is 2.29. The van der Waals surface area contributed by atoms with Gasteiger partial charge in [-0.25, -0.2) is 0 Å². The molecule has 1 heterocycles. The van der Waals surface area contributed by atoms with Crippen LogP contribution in [0.15, 0.2) is 59.8 Å². The van der Waals surface area contributed by atoms with E-state index < -0.39 is 14.9 Å². The standard InChI is InChI=1S/C11H9N2O4S.ClH/c14-13(15)10-5-4-6-11(9-10)18(16,17)12-7-2-1-3-8-12;/h1-9H;1H/q+1;/p-1. The molecule has 0 atom stereocenters. The number of non-ortho nitro benzene ring substituents is 1. The van der Waals surface area contributed by atoms with Crippen LogP contribution in [0.4, 0.5) is 5.69 Å². The van der Waals surface area contributed by atoms with E-state index in [1.165, 1.54) is 30.6 Å². The Hall–Kier alpha value is -1.99. The van der Waals surface area contributed by atoms with Crippen LogP contribution in [0, 0.1) is 10.1 Å². The highest BCUT2D eigenvalue weighted by Crippen LogP contribution is 2.16. The average Bonchev–Trinajstić information content (AvgIpc) is 2.40. The summed E-state index contributed by atoms with van der Waals surface area (Å²) in [5.74, 6) is 0. The normalized spacial score (nSPS) is 10.5. The Morgan fingerprint density at radius 2 is 1.68 bits per heavy atom. The van der Waals surface area contributed by atoms with Gasteiger partial charge >= 0.3 is 10.0 Å². The summed E-state index contributed by atoms with van der Waals surface area (Å²) in [6, 6.07) is 9.75. The first-order valence-corrected chi connectivity index (χ1v) is 6.42. The number of rotatable bonds is 3. The molecule has 100 valence electrons. The van der Waals surface area contributed by atoms with E-state index in [4.69, 9.17) is 0 Å². The van der Waals surface area contributed by atoms with Crippen LogP contribution in [0.3, 0.4) is 0 Å². The highest BCUT2D eigenvalue weighted by atomic mass is 35.5. The molecule has 0 amide bonds. The number of nitro benzene ring substituents is 1. The Bertz CT molecular complexity index is 689. The van der Waals surface area contributed by atoms with E-state index in [0.29, 0.717) is 0 Å². The summed E-state index contributed by atoms with van der Waals surface area (Å²) in [6.07, 6.45) is 2.74. The van der Waals surface area contributed by atoms with Crippen LogP contribution in [0.25, 0.3) is 0 Å². The fourth-order valence-electron chi connectivity index (χ4n) is 1.42. The van der Waals surface area contributed by atoms with Gasteiger partial charge in [-0.3, -0.25) is 10.1 Å². The number of nitrogens with zero attached hydrogens (tertiary/aromatic N) is 2. The van der Waals surface area contributed by atoms with E-state index in [1.54, 1.807) is 18.2 Å². The zero-order valence-electron chi connectivity index (χ0n) is 9.51. The summed E-state index contributed by atoms with van der Waals surface area (Å²) >= 11 is 0.